The molecule has 0 rings (SSSR count). The van der Waals surface area contributed by atoms with E-state index >= 15 is 0 Å². The second-order valence-electron chi connectivity index (χ2n) is 3.03. The van der Waals surface area contributed by atoms with E-state index in [1.54, 1.807) is 0 Å². The Bertz CT molecular complexity index is 40.8. The van der Waals surface area contributed by atoms with Crippen molar-refractivity contribution in [1.29, 1.82) is 0 Å². The van der Waals surface area contributed by atoms with Gasteiger partial charge in [-0.15, -0.1) is 0 Å². The second-order valence-corrected chi connectivity index (χ2v) is 3.03. The van der Waals surface area contributed by atoms with Gasteiger partial charge in [-0.2, -0.15) is 11.8 Å². The van der Waals surface area contributed by atoms with Crippen LogP contribution in [0.2, 0.25) is 0 Å². The van der Waals surface area contributed by atoms with E-state index in [2.05, 4.69) is 41.5 Å². The van der Waals surface area contributed by atoms with Crippen molar-refractivity contribution in [3.05, 3.63) is 13.8 Å². The molecule has 0 aliphatic carbocycles. The number of rotatable bonds is 2. The molecule has 0 saturated carbocycles. The molecule has 0 aliphatic heterocycles. The molecule has 2 atom stereocenters. The Morgan fingerprint density at radius 3 is 1.00 bits per heavy atom. The van der Waals surface area contributed by atoms with Crippen molar-refractivity contribution in [2.45, 2.75) is 40.5 Å². The number of hydrogen-bond acceptors (Lipinski definition) is 0. The maximum atomic E-state index is 3.76. The van der Waals surface area contributed by atoms with E-state index in [-0.39, 0.29) is 19.5 Å². The fourth-order valence-corrected chi connectivity index (χ4v) is 0. The quantitative estimate of drug-likeness (QED) is 0.478. The predicted octanol–water partition coefficient (Wildman–Crippen LogP) is 3.73. The minimum atomic E-state index is 0. The van der Waals surface area contributed by atoms with Gasteiger partial charge >= 0.3 is 19.5 Å². The first-order chi connectivity index (χ1) is 4.54. The molecule has 0 radical (unpaired) electrons. The fourth-order valence-electron chi connectivity index (χ4n) is 0. The maximum Gasteiger partial charge on any atom is 2.00 e. The van der Waals surface area contributed by atoms with Gasteiger partial charge in [-0.05, 0) is 0 Å². The molecule has 0 N–H and O–H groups in total. The van der Waals surface area contributed by atoms with E-state index < -0.39 is 0 Å². The first kappa shape index (κ1) is 17.6. The van der Waals surface area contributed by atoms with E-state index in [1.165, 1.54) is 12.8 Å². The third-order valence-electron chi connectivity index (χ3n) is 1.39. The predicted molar refractivity (Wildman–Crippen MR) is 49.6 cm³/mol. The van der Waals surface area contributed by atoms with E-state index in [1.807, 2.05) is 0 Å². The summed E-state index contributed by atoms with van der Waals surface area (Å²) in [4.78, 5) is 0. The smallest absolute Gasteiger partial charge is 0.341 e. The van der Waals surface area contributed by atoms with Gasteiger partial charge in [-0.25, -0.2) is 0 Å². The SMILES string of the molecule is [CH2-][C@@H](C)CC.[CH2-][C@@H](C)CC.[Zn+2]. The zero-order chi connectivity index (χ0) is 8.57. The van der Waals surface area contributed by atoms with Crippen LogP contribution in [0.4, 0.5) is 0 Å². The zero-order valence-electron chi connectivity index (χ0n) is 8.69. The molecule has 0 aromatic rings. The summed E-state index contributed by atoms with van der Waals surface area (Å²) in [5.41, 5.74) is 0. The van der Waals surface area contributed by atoms with Crippen molar-refractivity contribution in [2.75, 3.05) is 0 Å². The molecule has 64 valence electrons. The standard InChI is InChI=1S/2C5H11.Zn/c2*1-4-5(2)3;/h2*5H,2,4H2,1,3H3;/q2*-1;+2/t2*5-;/m00./s1. The molecule has 0 aromatic heterocycles. The summed E-state index contributed by atoms with van der Waals surface area (Å²) >= 11 is 0. The summed E-state index contributed by atoms with van der Waals surface area (Å²) in [6.45, 7) is 16.0. The molecule has 0 aromatic carbocycles. The average Bonchev–Trinajstić information content (AvgIpc) is 1.89. The summed E-state index contributed by atoms with van der Waals surface area (Å²) < 4.78 is 0. The van der Waals surface area contributed by atoms with E-state index in [4.69, 9.17) is 0 Å². The van der Waals surface area contributed by atoms with Crippen LogP contribution in [0.5, 0.6) is 0 Å². The Morgan fingerprint density at radius 2 is 1.00 bits per heavy atom. The van der Waals surface area contributed by atoms with Crippen molar-refractivity contribution in [3.8, 4) is 0 Å². The Balaban J connectivity index is -0.000000107. The zero-order valence-corrected chi connectivity index (χ0v) is 11.7. The van der Waals surface area contributed by atoms with Gasteiger partial charge in [0, 0.05) is 0 Å². The van der Waals surface area contributed by atoms with Crippen LogP contribution in [0.25, 0.3) is 0 Å². The molecular weight excluding hydrogens is 185 g/mol. The first-order valence-electron chi connectivity index (χ1n) is 4.20. The van der Waals surface area contributed by atoms with E-state index in [0.717, 1.165) is 0 Å². The van der Waals surface area contributed by atoms with Crippen molar-refractivity contribution in [3.63, 3.8) is 0 Å². The molecule has 0 heterocycles. The molecule has 0 aliphatic rings. The van der Waals surface area contributed by atoms with Crippen LogP contribution in [0.3, 0.4) is 0 Å². The molecule has 0 spiro atoms. The summed E-state index contributed by atoms with van der Waals surface area (Å²) in [6.07, 6.45) is 2.39. The molecule has 1 heteroatoms. The minimum absolute atomic E-state index is 0. The largest absolute Gasteiger partial charge is 2.00 e. The third kappa shape index (κ3) is 37.0. The van der Waals surface area contributed by atoms with Crippen LogP contribution < -0.4 is 0 Å². The normalized spacial score (nSPS) is 13.6. The van der Waals surface area contributed by atoms with Gasteiger partial charge in [0.1, 0.15) is 0 Å². The molecule has 0 amide bonds. The summed E-state index contributed by atoms with van der Waals surface area (Å²) in [5, 5.41) is 0. The Hall–Kier alpha value is 0.623. The Kier molecular flexibility index (Phi) is 21.2. The fraction of sp³-hybridized carbons (Fsp3) is 0.800. The summed E-state index contributed by atoms with van der Waals surface area (Å²) in [5.74, 6) is 1.27. The Morgan fingerprint density at radius 1 is 0.909 bits per heavy atom. The van der Waals surface area contributed by atoms with Crippen LogP contribution in [-0.4, -0.2) is 0 Å². The molecule has 0 saturated heterocycles. The monoisotopic (exact) mass is 206 g/mol. The molecule has 0 bridgehead atoms. The molecule has 0 nitrogen and oxygen atoms in total. The van der Waals surface area contributed by atoms with Gasteiger partial charge in [0.05, 0.1) is 0 Å². The maximum absolute atomic E-state index is 3.76. The molecule has 0 unspecified atom stereocenters. The Labute approximate surface area is 85.9 Å². The van der Waals surface area contributed by atoms with Crippen LogP contribution in [0.15, 0.2) is 0 Å². The molecular formula is C10H22Zn. The van der Waals surface area contributed by atoms with Gasteiger partial charge in [-0.3, -0.25) is 0 Å². The summed E-state index contributed by atoms with van der Waals surface area (Å²) in [7, 11) is 0. The number of hydrogen-bond donors (Lipinski definition) is 0. The van der Waals surface area contributed by atoms with Gasteiger partial charge in [0.15, 0.2) is 0 Å². The van der Waals surface area contributed by atoms with Crippen LogP contribution in [-0.2, 0) is 19.5 Å². The third-order valence-corrected chi connectivity index (χ3v) is 1.39. The van der Waals surface area contributed by atoms with Crippen molar-refractivity contribution < 1.29 is 19.5 Å². The van der Waals surface area contributed by atoms with E-state index in [9.17, 15) is 0 Å². The second kappa shape index (κ2) is 13.2. The van der Waals surface area contributed by atoms with Crippen LogP contribution in [0, 0.1) is 25.7 Å². The van der Waals surface area contributed by atoms with Gasteiger partial charge in [-0.1, -0.05) is 40.5 Å². The van der Waals surface area contributed by atoms with Crippen molar-refractivity contribution in [1.82, 2.24) is 0 Å². The van der Waals surface area contributed by atoms with Gasteiger partial charge in [0.25, 0.3) is 0 Å². The van der Waals surface area contributed by atoms with Crippen LogP contribution >= 0.6 is 0 Å². The molecule has 11 heavy (non-hydrogen) atoms. The van der Waals surface area contributed by atoms with Crippen molar-refractivity contribution in [2.24, 2.45) is 11.8 Å². The van der Waals surface area contributed by atoms with Gasteiger partial charge in [0.2, 0.25) is 0 Å². The average molecular weight is 208 g/mol. The minimum Gasteiger partial charge on any atom is -0.341 e. The van der Waals surface area contributed by atoms with E-state index in [0.29, 0.717) is 11.8 Å². The van der Waals surface area contributed by atoms with Crippen LogP contribution in [0.1, 0.15) is 40.5 Å². The molecule has 0 fully saturated rings. The van der Waals surface area contributed by atoms with Gasteiger partial charge < -0.3 is 13.8 Å². The van der Waals surface area contributed by atoms with Crippen molar-refractivity contribution >= 4 is 0 Å². The summed E-state index contributed by atoms with van der Waals surface area (Å²) in [6, 6.07) is 0. The first-order valence-corrected chi connectivity index (χ1v) is 4.20. The topological polar surface area (TPSA) is 0 Å².